The van der Waals surface area contributed by atoms with E-state index >= 15 is 0 Å². The molecule has 0 radical (unpaired) electrons. The number of ether oxygens (including phenoxy) is 1. The third-order valence-corrected chi connectivity index (χ3v) is 10.9. The Labute approximate surface area is 196 Å². The molecule has 0 aromatic carbocycles. The molecule has 4 fully saturated rings. The zero-order chi connectivity index (χ0) is 23.3. The number of carbonyl (C=O) groups excluding carboxylic acids is 2. The van der Waals surface area contributed by atoms with E-state index in [2.05, 4.69) is 34.6 Å². The minimum absolute atomic E-state index is 0.0533. The van der Waals surface area contributed by atoms with Crippen LogP contribution in [-0.4, -0.2) is 17.9 Å². The van der Waals surface area contributed by atoms with Crippen LogP contribution < -0.4 is 0 Å². The second kappa shape index (κ2) is 9.06. The van der Waals surface area contributed by atoms with Gasteiger partial charge in [-0.1, -0.05) is 53.9 Å². The second-order valence-electron chi connectivity index (χ2n) is 13.1. The van der Waals surface area contributed by atoms with Crippen LogP contribution >= 0.6 is 0 Å². The summed E-state index contributed by atoms with van der Waals surface area (Å²) in [6.45, 7) is 13.7. The maximum atomic E-state index is 13.5. The molecule has 3 nitrogen and oxygen atoms in total. The number of hydrogen-bond donors (Lipinski definition) is 0. The standard InChI is InChI=1S/C29H48O3/c1-18(2)8-7-9-19(3)23-10-11-24-22-17-27(31)26-16-21(32-20(4)30)12-14-29(26,6)25(22)13-15-28(23,24)5/h18-19,21-26H,7-17H2,1-6H3/t19-,21+,22+,23-,24+,25?,26-,28-,29-/m1/s1. The highest BCUT2D eigenvalue weighted by Gasteiger charge is 2.62. The minimum atomic E-state index is -0.201. The third kappa shape index (κ3) is 4.20. The Bertz CT molecular complexity index is 713. The molecule has 0 aromatic rings. The summed E-state index contributed by atoms with van der Waals surface area (Å²) in [7, 11) is 0. The van der Waals surface area contributed by atoms with Crippen molar-refractivity contribution in [3.63, 3.8) is 0 Å². The van der Waals surface area contributed by atoms with Crippen molar-refractivity contribution in [2.75, 3.05) is 0 Å². The van der Waals surface area contributed by atoms with Crippen LogP contribution in [0, 0.1) is 52.3 Å². The molecule has 0 N–H and O–H groups in total. The lowest BCUT2D eigenvalue weighted by Crippen LogP contribution is -2.57. The van der Waals surface area contributed by atoms with E-state index in [9.17, 15) is 9.59 Å². The van der Waals surface area contributed by atoms with Crippen LogP contribution in [0.25, 0.3) is 0 Å². The number of Topliss-reactive ketones (excluding diaryl/α,β-unsaturated/α-hetero) is 1. The Hall–Kier alpha value is -0.860. The molecule has 0 aliphatic heterocycles. The minimum Gasteiger partial charge on any atom is -0.463 e. The molecule has 0 spiro atoms. The van der Waals surface area contributed by atoms with E-state index in [1.807, 2.05) is 0 Å². The SMILES string of the molecule is CC(=O)O[C@H]1CC[C@]2(C)C3CC[C@]4(C)[C@@H]([C@H](C)CCCC(C)C)CC[C@H]4[C@@H]3CC(=O)[C@H]2C1. The number of ketones is 1. The zero-order valence-electron chi connectivity index (χ0n) is 21.6. The van der Waals surface area contributed by atoms with Gasteiger partial charge in [0.15, 0.2) is 0 Å². The molecule has 0 bridgehead atoms. The fourth-order valence-corrected chi connectivity index (χ4v) is 9.37. The summed E-state index contributed by atoms with van der Waals surface area (Å²) >= 11 is 0. The van der Waals surface area contributed by atoms with Gasteiger partial charge in [0.2, 0.25) is 0 Å². The summed E-state index contributed by atoms with van der Waals surface area (Å²) < 4.78 is 5.55. The molecule has 4 aliphatic carbocycles. The number of esters is 1. The molecule has 0 heterocycles. The fraction of sp³-hybridized carbons (Fsp3) is 0.931. The molecule has 0 saturated heterocycles. The van der Waals surface area contributed by atoms with Crippen molar-refractivity contribution in [1.29, 1.82) is 0 Å². The molecule has 4 aliphatic rings. The van der Waals surface area contributed by atoms with Gasteiger partial charge in [-0.3, -0.25) is 9.59 Å². The molecule has 0 aromatic heterocycles. The first-order valence-corrected chi connectivity index (χ1v) is 13.8. The highest BCUT2D eigenvalue weighted by atomic mass is 16.5. The quantitative estimate of drug-likeness (QED) is 0.406. The van der Waals surface area contributed by atoms with Gasteiger partial charge in [0.1, 0.15) is 11.9 Å². The Morgan fingerprint density at radius 3 is 2.38 bits per heavy atom. The summed E-state index contributed by atoms with van der Waals surface area (Å²) in [6.07, 6.45) is 12.9. The largest absolute Gasteiger partial charge is 0.463 e. The topological polar surface area (TPSA) is 43.4 Å². The van der Waals surface area contributed by atoms with Crippen LogP contribution in [0.2, 0.25) is 0 Å². The molecular weight excluding hydrogens is 396 g/mol. The van der Waals surface area contributed by atoms with E-state index in [4.69, 9.17) is 4.74 Å². The molecule has 9 atom stereocenters. The molecule has 0 amide bonds. The smallest absolute Gasteiger partial charge is 0.302 e. The monoisotopic (exact) mass is 444 g/mol. The third-order valence-electron chi connectivity index (χ3n) is 10.9. The first-order valence-electron chi connectivity index (χ1n) is 13.8. The predicted octanol–water partition coefficient (Wildman–Crippen LogP) is 7.22. The second-order valence-corrected chi connectivity index (χ2v) is 13.1. The molecule has 4 rings (SSSR count). The van der Waals surface area contributed by atoms with Crippen LogP contribution in [0.1, 0.15) is 112 Å². The van der Waals surface area contributed by atoms with E-state index < -0.39 is 0 Å². The Morgan fingerprint density at radius 2 is 1.69 bits per heavy atom. The lowest BCUT2D eigenvalue weighted by Gasteiger charge is -2.60. The summed E-state index contributed by atoms with van der Waals surface area (Å²) in [6, 6.07) is 0. The Balaban J connectivity index is 1.48. The van der Waals surface area contributed by atoms with E-state index in [1.54, 1.807) is 0 Å². The van der Waals surface area contributed by atoms with Gasteiger partial charge in [0.05, 0.1) is 0 Å². The number of carbonyl (C=O) groups is 2. The molecule has 182 valence electrons. The highest BCUT2D eigenvalue weighted by Crippen LogP contribution is 2.68. The van der Waals surface area contributed by atoms with Gasteiger partial charge in [-0.05, 0) is 91.3 Å². The van der Waals surface area contributed by atoms with E-state index in [0.29, 0.717) is 23.0 Å². The van der Waals surface area contributed by atoms with E-state index in [0.717, 1.165) is 49.4 Å². The van der Waals surface area contributed by atoms with Crippen molar-refractivity contribution >= 4 is 11.8 Å². The Kier molecular flexibility index (Phi) is 6.87. The van der Waals surface area contributed by atoms with Crippen molar-refractivity contribution in [2.45, 2.75) is 118 Å². The van der Waals surface area contributed by atoms with Gasteiger partial charge >= 0.3 is 5.97 Å². The van der Waals surface area contributed by atoms with Crippen molar-refractivity contribution < 1.29 is 14.3 Å². The average molecular weight is 445 g/mol. The van der Waals surface area contributed by atoms with Crippen molar-refractivity contribution in [3.05, 3.63) is 0 Å². The molecular formula is C29H48O3. The van der Waals surface area contributed by atoms with E-state index in [-0.39, 0.29) is 23.4 Å². The molecule has 32 heavy (non-hydrogen) atoms. The normalized spacial score (nSPS) is 44.5. The molecule has 3 heteroatoms. The number of rotatable bonds is 6. The van der Waals surface area contributed by atoms with Crippen LogP contribution in [-0.2, 0) is 14.3 Å². The van der Waals surface area contributed by atoms with Gasteiger partial charge in [-0.2, -0.15) is 0 Å². The van der Waals surface area contributed by atoms with Gasteiger partial charge in [0.25, 0.3) is 0 Å². The first-order chi connectivity index (χ1) is 15.1. The maximum absolute atomic E-state index is 13.5. The number of hydrogen-bond acceptors (Lipinski definition) is 3. The van der Waals surface area contributed by atoms with Crippen molar-refractivity contribution in [1.82, 2.24) is 0 Å². The molecule has 1 unspecified atom stereocenters. The lowest BCUT2D eigenvalue weighted by atomic mass is 9.44. The summed E-state index contributed by atoms with van der Waals surface area (Å²) in [5.41, 5.74) is 0.537. The first kappa shape index (κ1) is 24.3. The molecule has 4 saturated carbocycles. The summed E-state index contributed by atoms with van der Waals surface area (Å²) in [4.78, 5) is 25.0. The highest BCUT2D eigenvalue weighted by molar-refractivity contribution is 5.83. The predicted molar refractivity (Wildman–Crippen MR) is 129 cm³/mol. The van der Waals surface area contributed by atoms with Crippen LogP contribution in [0.5, 0.6) is 0 Å². The Morgan fingerprint density at radius 1 is 1.00 bits per heavy atom. The summed E-state index contributed by atoms with van der Waals surface area (Å²) in [5, 5.41) is 0. The van der Waals surface area contributed by atoms with E-state index in [1.165, 1.54) is 51.9 Å². The van der Waals surface area contributed by atoms with Gasteiger partial charge in [0, 0.05) is 19.3 Å². The zero-order valence-corrected chi connectivity index (χ0v) is 21.6. The maximum Gasteiger partial charge on any atom is 0.302 e. The van der Waals surface area contributed by atoms with Gasteiger partial charge < -0.3 is 4.74 Å². The fourth-order valence-electron chi connectivity index (χ4n) is 9.37. The lowest BCUT2D eigenvalue weighted by molar-refractivity contribution is -0.169. The van der Waals surface area contributed by atoms with Crippen molar-refractivity contribution in [2.24, 2.45) is 52.3 Å². The van der Waals surface area contributed by atoms with Crippen molar-refractivity contribution in [3.8, 4) is 0 Å². The summed E-state index contributed by atoms with van der Waals surface area (Å²) in [5.74, 6) is 4.81. The number of fused-ring (bicyclic) bond motifs is 5. The van der Waals surface area contributed by atoms with Gasteiger partial charge in [-0.15, -0.1) is 0 Å². The van der Waals surface area contributed by atoms with Gasteiger partial charge in [-0.25, -0.2) is 0 Å². The average Bonchev–Trinajstić information content (AvgIpc) is 3.06. The van der Waals surface area contributed by atoms with Crippen LogP contribution in [0.3, 0.4) is 0 Å². The van der Waals surface area contributed by atoms with Crippen LogP contribution in [0.4, 0.5) is 0 Å². The van der Waals surface area contributed by atoms with Crippen LogP contribution in [0.15, 0.2) is 0 Å².